The second kappa shape index (κ2) is 4.75. The van der Waals surface area contributed by atoms with Crippen LogP contribution in [0, 0.1) is 5.92 Å². The Morgan fingerprint density at radius 1 is 1.67 bits per heavy atom. The van der Waals surface area contributed by atoms with Gasteiger partial charge in [-0.05, 0) is 25.2 Å². The molecule has 1 aliphatic carbocycles. The zero-order chi connectivity index (χ0) is 8.81. The number of rotatable bonds is 3. The van der Waals surface area contributed by atoms with E-state index in [1.807, 2.05) is 0 Å². The van der Waals surface area contributed by atoms with Crippen LogP contribution in [-0.2, 0) is 9.53 Å². The molecule has 0 aromatic rings. The first-order valence-electron chi connectivity index (χ1n) is 4.27. The Labute approximate surface area is 72.9 Å². The molecule has 1 atom stereocenters. The first-order chi connectivity index (χ1) is 5.83. The molecule has 0 bridgehead atoms. The fourth-order valence-corrected chi connectivity index (χ4v) is 1.27. The molecule has 0 saturated carbocycles. The van der Waals surface area contributed by atoms with Crippen molar-refractivity contribution >= 4 is 5.97 Å². The standard InChI is InChI=1S/C10H14O2/c1-2-10(11)12-8-9-6-4-3-5-7-9/h2-4,9H,1,5-8H2. The normalized spacial score (nSPS) is 21.8. The Morgan fingerprint density at radius 3 is 3.08 bits per heavy atom. The van der Waals surface area contributed by atoms with Gasteiger partial charge < -0.3 is 4.74 Å². The molecule has 0 aromatic carbocycles. The number of esters is 1. The van der Waals surface area contributed by atoms with Crippen LogP contribution in [-0.4, -0.2) is 12.6 Å². The Hall–Kier alpha value is -1.05. The summed E-state index contributed by atoms with van der Waals surface area (Å²) in [6.07, 6.45) is 8.79. The van der Waals surface area contributed by atoms with Crippen LogP contribution in [0.4, 0.5) is 0 Å². The molecule has 12 heavy (non-hydrogen) atoms. The molecule has 0 radical (unpaired) electrons. The van der Waals surface area contributed by atoms with Crippen molar-refractivity contribution in [2.45, 2.75) is 19.3 Å². The van der Waals surface area contributed by atoms with Crippen LogP contribution >= 0.6 is 0 Å². The predicted molar refractivity (Wildman–Crippen MR) is 47.6 cm³/mol. The second-order valence-electron chi connectivity index (χ2n) is 2.98. The molecule has 0 amide bonds. The van der Waals surface area contributed by atoms with Crippen LogP contribution < -0.4 is 0 Å². The van der Waals surface area contributed by atoms with Gasteiger partial charge in [-0.1, -0.05) is 18.7 Å². The van der Waals surface area contributed by atoms with Gasteiger partial charge in [0.25, 0.3) is 0 Å². The van der Waals surface area contributed by atoms with E-state index >= 15 is 0 Å². The molecule has 0 heterocycles. The van der Waals surface area contributed by atoms with E-state index in [4.69, 9.17) is 4.74 Å². The van der Waals surface area contributed by atoms with Gasteiger partial charge in [-0.25, -0.2) is 4.79 Å². The summed E-state index contributed by atoms with van der Waals surface area (Å²) in [7, 11) is 0. The molecule has 0 N–H and O–H groups in total. The Kier molecular flexibility index (Phi) is 3.58. The summed E-state index contributed by atoms with van der Waals surface area (Å²) in [5, 5.41) is 0. The van der Waals surface area contributed by atoms with E-state index in [1.165, 1.54) is 6.08 Å². The third kappa shape index (κ3) is 2.91. The minimum absolute atomic E-state index is 0.315. The largest absolute Gasteiger partial charge is 0.462 e. The molecule has 1 unspecified atom stereocenters. The fourth-order valence-electron chi connectivity index (χ4n) is 1.27. The topological polar surface area (TPSA) is 26.3 Å². The smallest absolute Gasteiger partial charge is 0.330 e. The molecular weight excluding hydrogens is 152 g/mol. The van der Waals surface area contributed by atoms with Crippen molar-refractivity contribution in [1.82, 2.24) is 0 Å². The summed E-state index contributed by atoms with van der Waals surface area (Å²) in [6, 6.07) is 0. The van der Waals surface area contributed by atoms with Gasteiger partial charge in [0.15, 0.2) is 0 Å². The molecule has 66 valence electrons. The molecule has 0 fully saturated rings. The van der Waals surface area contributed by atoms with E-state index in [1.54, 1.807) is 0 Å². The zero-order valence-electron chi connectivity index (χ0n) is 7.16. The van der Waals surface area contributed by atoms with E-state index in [-0.39, 0.29) is 5.97 Å². The highest BCUT2D eigenvalue weighted by Crippen LogP contribution is 2.17. The molecule has 0 spiro atoms. The van der Waals surface area contributed by atoms with Crippen LogP contribution in [0.5, 0.6) is 0 Å². The summed E-state index contributed by atoms with van der Waals surface area (Å²) in [5.74, 6) is 0.198. The van der Waals surface area contributed by atoms with Crippen molar-refractivity contribution in [2.24, 2.45) is 5.92 Å². The fraction of sp³-hybridized carbons (Fsp3) is 0.500. The maximum absolute atomic E-state index is 10.7. The highest BCUT2D eigenvalue weighted by molar-refractivity contribution is 5.81. The number of carbonyl (C=O) groups excluding carboxylic acids is 1. The van der Waals surface area contributed by atoms with Gasteiger partial charge in [-0.2, -0.15) is 0 Å². The highest BCUT2D eigenvalue weighted by Gasteiger charge is 2.10. The summed E-state index contributed by atoms with van der Waals surface area (Å²) >= 11 is 0. The summed E-state index contributed by atoms with van der Waals surface area (Å²) in [5.41, 5.74) is 0. The van der Waals surface area contributed by atoms with Gasteiger partial charge in [0.05, 0.1) is 6.61 Å². The Balaban J connectivity index is 2.18. The minimum Gasteiger partial charge on any atom is -0.462 e. The van der Waals surface area contributed by atoms with Gasteiger partial charge in [-0.15, -0.1) is 0 Å². The van der Waals surface area contributed by atoms with Crippen molar-refractivity contribution in [1.29, 1.82) is 0 Å². The third-order valence-corrected chi connectivity index (χ3v) is 2.01. The van der Waals surface area contributed by atoms with Gasteiger partial charge >= 0.3 is 5.97 Å². The average molecular weight is 166 g/mol. The van der Waals surface area contributed by atoms with E-state index in [0.717, 1.165) is 19.3 Å². The summed E-state index contributed by atoms with van der Waals surface area (Å²) < 4.78 is 4.94. The lowest BCUT2D eigenvalue weighted by Gasteiger charge is -2.16. The molecule has 0 aliphatic heterocycles. The van der Waals surface area contributed by atoms with E-state index in [9.17, 15) is 4.79 Å². The Bertz CT molecular complexity index is 194. The van der Waals surface area contributed by atoms with E-state index in [0.29, 0.717) is 12.5 Å². The monoisotopic (exact) mass is 166 g/mol. The van der Waals surface area contributed by atoms with Crippen LogP contribution in [0.15, 0.2) is 24.8 Å². The number of hydrogen-bond donors (Lipinski definition) is 0. The Morgan fingerprint density at radius 2 is 2.50 bits per heavy atom. The van der Waals surface area contributed by atoms with Crippen molar-refractivity contribution in [2.75, 3.05) is 6.61 Å². The van der Waals surface area contributed by atoms with Crippen molar-refractivity contribution in [3.8, 4) is 0 Å². The first kappa shape index (κ1) is 9.04. The van der Waals surface area contributed by atoms with Gasteiger partial charge in [-0.3, -0.25) is 0 Å². The van der Waals surface area contributed by atoms with E-state index in [2.05, 4.69) is 18.7 Å². The molecule has 2 nitrogen and oxygen atoms in total. The number of ether oxygens (including phenoxy) is 1. The molecule has 0 saturated heterocycles. The van der Waals surface area contributed by atoms with Crippen molar-refractivity contribution in [3.63, 3.8) is 0 Å². The quantitative estimate of drug-likeness (QED) is 0.364. The van der Waals surface area contributed by atoms with Crippen LogP contribution in [0.2, 0.25) is 0 Å². The number of allylic oxidation sites excluding steroid dienone is 2. The number of hydrogen-bond acceptors (Lipinski definition) is 2. The van der Waals surface area contributed by atoms with Crippen LogP contribution in [0.3, 0.4) is 0 Å². The van der Waals surface area contributed by atoms with Crippen LogP contribution in [0.1, 0.15) is 19.3 Å². The SMILES string of the molecule is C=CC(=O)OCC1CC=CCC1. The highest BCUT2D eigenvalue weighted by atomic mass is 16.5. The van der Waals surface area contributed by atoms with Gasteiger partial charge in [0, 0.05) is 6.08 Å². The van der Waals surface area contributed by atoms with Crippen molar-refractivity contribution < 1.29 is 9.53 Å². The maximum atomic E-state index is 10.7. The zero-order valence-corrected chi connectivity index (χ0v) is 7.16. The maximum Gasteiger partial charge on any atom is 0.330 e. The summed E-state index contributed by atoms with van der Waals surface area (Å²) in [6.45, 7) is 3.87. The van der Waals surface area contributed by atoms with Gasteiger partial charge in [0.2, 0.25) is 0 Å². The lowest BCUT2D eigenvalue weighted by Crippen LogP contribution is -2.13. The first-order valence-corrected chi connectivity index (χ1v) is 4.27. The predicted octanol–water partition coefficient (Wildman–Crippen LogP) is 2.07. The second-order valence-corrected chi connectivity index (χ2v) is 2.98. The minimum atomic E-state index is -0.315. The molecule has 0 aromatic heterocycles. The van der Waals surface area contributed by atoms with Crippen molar-refractivity contribution in [3.05, 3.63) is 24.8 Å². The average Bonchev–Trinajstić information content (AvgIpc) is 2.16. The number of carbonyl (C=O) groups is 1. The summed E-state index contributed by atoms with van der Waals surface area (Å²) in [4.78, 5) is 10.7. The third-order valence-electron chi connectivity index (χ3n) is 2.01. The molecule has 2 heteroatoms. The molecular formula is C10H14O2. The molecule has 1 aliphatic rings. The van der Waals surface area contributed by atoms with E-state index < -0.39 is 0 Å². The van der Waals surface area contributed by atoms with Gasteiger partial charge in [0.1, 0.15) is 0 Å². The molecule has 1 rings (SSSR count). The lowest BCUT2D eigenvalue weighted by molar-refractivity contribution is -0.139. The van der Waals surface area contributed by atoms with Crippen LogP contribution in [0.25, 0.3) is 0 Å². The lowest BCUT2D eigenvalue weighted by atomic mass is 9.95.